The van der Waals surface area contributed by atoms with Crippen LogP contribution in [-0.2, 0) is 0 Å². The van der Waals surface area contributed by atoms with E-state index in [1.54, 1.807) is 11.3 Å². The van der Waals surface area contributed by atoms with Gasteiger partial charge >= 0.3 is 0 Å². The third kappa shape index (κ3) is 5.35. The molecule has 14 aromatic rings. The summed E-state index contributed by atoms with van der Waals surface area (Å²) in [6.45, 7) is 0. The fraction of sp³-hybridized carbons (Fsp3) is 0. The molecule has 7 heteroatoms. The standard InChI is InChI=1S/C57H32N4O2S/c1-2-11-37(12-3-1)61-46-17-7-4-13-38(46)44-29-33(23-27-47(44)61)34-24-28-52-45(30-34)54-43(16-10-20-53(54)64-52)57-59-55(35-21-25-41-39-14-5-8-18-48(39)62-50(41)31-35)58-56(60-57)36-22-26-42-40-15-6-9-19-49(40)63-51(42)32-36/h1-32H. The molecule has 0 aliphatic carbocycles. The first-order valence-electron chi connectivity index (χ1n) is 21.3. The van der Waals surface area contributed by atoms with Gasteiger partial charge in [0.15, 0.2) is 17.5 Å². The van der Waals surface area contributed by atoms with Crippen LogP contribution in [0.1, 0.15) is 0 Å². The summed E-state index contributed by atoms with van der Waals surface area (Å²) in [4.78, 5) is 15.7. The predicted octanol–water partition coefficient (Wildman–Crippen LogP) is 15.8. The molecule has 0 bridgehead atoms. The Bertz CT molecular complexity index is 4080. The molecule has 0 unspecified atom stereocenters. The lowest BCUT2D eigenvalue weighted by Gasteiger charge is -2.10. The maximum Gasteiger partial charge on any atom is 0.164 e. The molecule has 14 rings (SSSR count). The molecule has 0 saturated heterocycles. The number of fused-ring (bicyclic) bond motifs is 12. The number of hydrogen-bond donors (Lipinski definition) is 0. The molecule has 5 aromatic heterocycles. The Labute approximate surface area is 368 Å². The molecule has 0 aliphatic rings. The largest absolute Gasteiger partial charge is 0.456 e. The van der Waals surface area contributed by atoms with Crippen molar-refractivity contribution in [3.8, 4) is 51.0 Å². The smallest absolute Gasteiger partial charge is 0.164 e. The van der Waals surface area contributed by atoms with Gasteiger partial charge in [-0.25, -0.2) is 15.0 Å². The van der Waals surface area contributed by atoms with Crippen LogP contribution in [0.4, 0.5) is 0 Å². The maximum absolute atomic E-state index is 6.35. The van der Waals surface area contributed by atoms with Gasteiger partial charge in [-0.05, 0) is 96.1 Å². The van der Waals surface area contributed by atoms with Crippen LogP contribution in [0.5, 0.6) is 0 Å². The van der Waals surface area contributed by atoms with E-state index in [4.69, 9.17) is 23.8 Å². The molecule has 0 atom stereocenters. The van der Waals surface area contributed by atoms with Crippen molar-refractivity contribution in [2.45, 2.75) is 0 Å². The molecule has 298 valence electrons. The molecule has 0 radical (unpaired) electrons. The highest BCUT2D eigenvalue weighted by atomic mass is 32.1. The second-order valence-electron chi connectivity index (χ2n) is 16.3. The lowest BCUT2D eigenvalue weighted by molar-refractivity contribution is 0.668. The van der Waals surface area contributed by atoms with Crippen LogP contribution in [0.2, 0.25) is 0 Å². The van der Waals surface area contributed by atoms with E-state index in [0.29, 0.717) is 17.5 Å². The van der Waals surface area contributed by atoms with Crippen molar-refractivity contribution >= 4 is 97.2 Å². The minimum atomic E-state index is 0.562. The molecule has 0 saturated carbocycles. The first-order valence-corrected chi connectivity index (χ1v) is 22.1. The molecule has 0 fully saturated rings. The normalized spacial score (nSPS) is 12.1. The van der Waals surface area contributed by atoms with Gasteiger partial charge in [-0.3, -0.25) is 0 Å². The summed E-state index contributed by atoms with van der Waals surface area (Å²) in [5.41, 5.74) is 11.7. The van der Waals surface area contributed by atoms with Crippen molar-refractivity contribution in [1.82, 2.24) is 19.5 Å². The number of hydrogen-bond acceptors (Lipinski definition) is 6. The van der Waals surface area contributed by atoms with E-state index < -0.39 is 0 Å². The summed E-state index contributed by atoms with van der Waals surface area (Å²) in [5.74, 6) is 1.72. The second-order valence-corrected chi connectivity index (χ2v) is 17.4. The van der Waals surface area contributed by atoms with Crippen LogP contribution < -0.4 is 0 Å². The lowest BCUT2D eigenvalue weighted by atomic mass is 9.99. The molecule has 64 heavy (non-hydrogen) atoms. The van der Waals surface area contributed by atoms with E-state index in [2.05, 4.69) is 150 Å². The van der Waals surface area contributed by atoms with Crippen molar-refractivity contribution in [3.63, 3.8) is 0 Å². The average Bonchev–Trinajstić information content (AvgIpc) is 4.12. The number of furan rings is 2. The minimum absolute atomic E-state index is 0.562. The summed E-state index contributed by atoms with van der Waals surface area (Å²) >= 11 is 1.79. The topological polar surface area (TPSA) is 69.9 Å². The third-order valence-corrected chi connectivity index (χ3v) is 13.8. The van der Waals surface area contributed by atoms with Gasteiger partial charge in [0.1, 0.15) is 22.3 Å². The Morgan fingerprint density at radius 3 is 1.59 bits per heavy atom. The minimum Gasteiger partial charge on any atom is -0.456 e. The Kier molecular flexibility index (Phi) is 7.46. The maximum atomic E-state index is 6.35. The molecular weight excluding hydrogens is 805 g/mol. The van der Waals surface area contributed by atoms with Crippen molar-refractivity contribution in [2.75, 3.05) is 0 Å². The molecule has 0 amide bonds. The highest BCUT2D eigenvalue weighted by molar-refractivity contribution is 7.26. The predicted molar refractivity (Wildman–Crippen MR) is 263 cm³/mol. The molecule has 0 spiro atoms. The monoisotopic (exact) mass is 836 g/mol. The first-order chi connectivity index (χ1) is 31.7. The van der Waals surface area contributed by atoms with Crippen molar-refractivity contribution in [2.24, 2.45) is 0 Å². The molecule has 0 N–H and O–H groups in total. The number of aromatic nitrogens is 4. The summed E-state index contributed by atoms with van der Waals surface area (Å²) in [6, 6.07) is 68.1. The quantitative estimate of drug-likeness (QED) is 0.173. The molecular formula is C57H32N4O2S. The Morgan fingerprint density at radius 1 is 0.344 bits per heavy atom. The number of nitrogens with zero attached hydrogens (tertiary/aromatic N) is 4. The average molecular weight is 837 g/mol. The fourth-order valence-electron chi connectivity index (χ4n) is 9.68. The zero-order valence-electron chi connectivity index (χ0n) is 34.0. The van der Waals surface area contributed by atoms with Crippen molar-refractivity contribution in [1.29, 1.82) is 0 Å². The van der Waals surface area contributed by atoms with Gasteiger partial charge in [-0.2, -0.15) is 0 Å². The Balaban J connectivity index is 0.956. The van der Waals surface area contributed by atoms with Gasteiger partial charge in [0.25, 0.3) is 0 Å². The van der Waals surface area contributed by atoms with Crippen LogP contribution >= 0.6 is 11.3 Å². The van der Waals surface area contributed by atoms with Gasteiger partial charge < -0.3 is 13.4 Å². The summed E-state index contributed by atoms with van der Waals surface area (Å²) in [5, 5.41) is 8.99. The Morgan fingerprint density at radius 2 is 0.891 bits per heavy atom. The van der Waals surface area contributed by atoms with Gasteiger partial charge in [0.2, 0.25) is 0 Å². The van der Waals surface area contributed by atoms with E-state index >= 15 is 0 Å². The molecule has 9 aromatic carbocycles. The lowest BCUT2D eigenvalue weighted by Crippen LogP contribution is -2.00. The first kappa shape index (κ1) is 35.2. The molecule has 5 heterocycles. The van der Waals surface area contributed by atoms with Crippen LogP contribution in [0.25, 0.3) is 137 Å². The fourth-order valence-corrected chi connectivity index (χ4v) is 10.8. The van der Waals surface area contributed by atoms with E-state index in [1.807, 2.05) is 48.5 Å². The number of benzene rings is 9. The van der Waals surface area contributed by atoms with Crippen LogP contribution in [0.3, 0.4) is 0 Å². The molecule has 6 nitrogen and oxygen atoms in total. The summed E-state index contributed by atoms with van der Waals surface area (Å²) < 4.78 is 17.4. The van der Waals surface area contributed by atoms with Crippen molar-refractivity contribution in [3.05, 3.63) is 194 Å². The van der Waals surface area contributed by atoms with Gasteiger partial charge in [0.05, 0.1) is 11.0 Å². The van der Waals surface area contributed by atoms with Crippen LogP contribution in [0, 0.1) is 0 Å². The van der Waals surface area contributed by atoms with Crippen LogP contribution in [-0.4, -0.2) is 19.5 Å². The van der Waals surface area contributed by atoms with Gasteiger partial charge in [-0.1, -0.05) is 109 Å². The van der Waals surface area contributed by atoms with Gasteiger partial charge in [-0.15, -0.1) is 11.3 Å². The van der Waals surface area contributed by atoms with Crippen molar-refractivity contribution < 1.29 is 8.83 Å². The summed E-state index contributed by atoms with van der Waals surface area (Å²) in [6.07, 6.45) is 0. The van der Waals surface area contributed by atoms with Crippen LogP contribution in [0.15, 0.2) is 203 Å². The SMILES string of the molecule is c1ccc(-n2c3ccccc3c3cc(-c4ccc5sc6cccc(-c7nc(-c8ccc9c(c8)oc8ccccc89)nc(-c8ccc9c(c8)oc8ccccc89)n7)c6c5c4)ccc32)cc1. The van der Waals surface area contributed by atoms with E-state index in [0.717, 1.165) is 88.2 Å². The molecule has 0 aliphatic heterocycles. The third-order valence-electron chi connectivity index (χ3n) is 12.7. The van der Waals surface area contributed by atoms with E-state index in [9.17, 15) is 0 Å². The van der Waals surface area contributed by atoms with E-state index in [-0.39, 0.29) is 0 Å². The summed E-state index contributed by atoms with van der Waals surface area (Å²) in [7, 11) is 0. The van der Waals surface area contributed by atoms with E-state index in [1.165, 1.54) is 31.2 Å². The second kappa shape index (κ2) is 13.6. The number of rotatable bonds is 5. The van der Waals surface area contributed by atoms with Gasteiger partial charge in [0, 0.05) is 74.9 Å². The zero-order chi connectivity index (χ0) is 41.9. The highest BCUT2D eigenvalue weighted by Crippen LogP contribution is 2.43. The highest BCUT2D eigenvalue weighted by Gasteiger charge is 2.20. The Hall–Kier alpha value is -8.39. The number of para-hydroxylation sites is 4. The zero-order valence-corrected chi connectivity index (χ0v) is 34.8. The number of thiophene rings is 1.